The van der Waals surface area contributed by atoms with E-state index in [-0.39, 0.29) is 5.91 Å². The van der Waals surface area contributed by atoms with Crippen molar-refractivity contribution in [3.63, 3.8) is 0 Å². The fraction of sp³-hybridized carbons (Fsp3) is 0.370. The molecule has 0 N–H and O–H groups in total. The van der Waals surface area contributed by atoms with E-state index in [1.165, 1.54) is 12.8 Å². The molecule has 0 radical (unpaired) electrons. The quantitative estimate of drug-likeness (QED) is 0.391. The lowest BCUT2D eigenvalue weighted by Crippen LogP contribution is -2.49. The van der Waals surface area contributed by atoms with Crippen LogP contribution in [0.5, 0.6) is 0 Å². The Hall–Kier alpha value is -3.59. The Morgan fingerprint density at radius 3 is 2.44 bits per heavy atom. The van der Waals surface area contributed by atoms with Crippen LogP contribution in [0, 0.1) is 6.92 Å². The van der Waals surface area contributed by atoms with Crippen LogP contribution in [0.4, 0.5) is 5.95 Å². The Morgan fingerprint density at radius 1 is 1.00 bits per heavy atom. The molecule has 6 rings (SSSR count). The number of anilines is 1. The van der Waals surface area contributed by atoms with Gasteiger partial charge in [-0.2, -0.15) is 0 Å². The van der Waals surface area contributed by atoms with Crippen molar-refractivity contribution in [1.82, 2.24) is 29.4 Å². The van der Waals surface area contributed by atoms with Crippen LogP contribution in [0.25, 0.3) is 22.0 Å². The largest absolute Gasteiger partial charge is 0.340 e. The van der Waals surface area contributed by atoms with Crippen molar-refractivity contribution in [3.05, 3.63) is 65.7 Å². The highest BCUT2D eigenvalue weighted by molar-refractivity contribution is 7.13. The molecule has 0 unspecified atom stereocenters. The molecule has 1 saturated carbocycles. The van der Waals surface area contributed by atoms with Crippen LogP contribution in [0.3, 0.4) is 0 Å². The first kappa shape index (κ1) is 22.8. The average molecular weight is 500 g/mol. The van der Waals surface area contributed by atoms with Gasteiger partial charge >= 0.3 is 0 Å². The second-order valence-corrected chi connectivity index (χ2v) is 10.3. The normalized spacial score (nSPS) is 16.6. The summed E-state index contributed by atoms with van der Waals surface area (Å²) < 4.78 is 2.39. The van der Waals surface area contributed by atoms with Crippen molar-refractivity contribution in [2.45, 2.75) is 38.6 Å². The monoisotopic (exact) mass is 499 g/mol. The maximum atomic E-state index is 13.7. The molecular weight excluding hydrogens is 470 g/mol. The third kappa shape index (κ3) is 4.28. The fourth-order valence-electron chi connectivity index (χ4n) is 5.42. The lowest BCUT2D eigenvalue weighted by molar-refractivity contribution is 0.0745. The van der Waals surface area contributed by atoms with E-state index in [2.05, 4.69) is 42.8 Å². The molecule has 0 aromatic carbocycles. The van der Waals surface area contributed by atoms with Gasteiger partial charge in [0.2, 0.25) is 5.95 Å². The highest BCUT2D eigenvalue weighted by Gasteiger charge is 2.30. The zero-order valence-electron chi connectivity index (χ0n) is 20.4. The first-order valence-electron chi connectivity index (χ1n) is 12.6. The minimum Gasteiger partial charge on any atom is -0.340 e. The number of carbonyl (C=O) groups is 1. The Labute approximate surface area is 214 Å². The summed E-state index contributed by atoms with van der Waals surface area (Å²) in [6.07, 6.45) is 11.9. The smallest absolute Gasteiger partial charge is 0.255 e. The molecule has 1 saturated heterocycles. The van der Waals surface area contributed by atoms with Crippen LogP contribution >= 0.6 is 11.3 Å². The SMILES string of the molecule is Cc1c(C(=O)N2CCN(c3ncccn3)CC2)cc(-c2csc(-c3ccncc3)n2)n1C1CCCC1. The number of aromatic nitrogens is 5. The molecule has 36 heavy (non-hydrogen) atoms. The lowest BCUT2D eigenvalue weighted by atomic mass is 10.2. The Balaban J connectivity index is 1.29. The maximum absolute atomic E-state index is 13.7. The van der Waals surface area contributed by atoms with Gasteiger partial charge in [-0.1, -0.05) is 12.8 Å². The van der Waals surface area contributed by atoms with Gasteiger partial charge in [0.1, 0.15) is 5.01 Å². The van der Waals surface area contributed by atoms with Crippen molar-refractivity contribution in [1.29, 1.82) is 0 Å². The van der Waals surface area contributed by atoms with Gasteiger partial charge in [-0.25, -0.2) is 15.0 Å². The molecule has 9 heteroatoms. The summed E-state index contributed by atoms with van der Waals surface area (Å²) in [7, 11) is 0. The summed E-state index contributed by atoms with van der Waals surface area (Å²) in [6.45, 7) is 4.87. The molecule has 1 aliphatic heterocycles. The van der Waals surface area contributed by atoms with E-state index >= 15 is 0 Å². The number of rotatable bonds is 5. The summed E-state index contributed by atoms with van der Waals surface area (Å²) in [5.74, 6) is 0.827. The second-order valence-electron chi connectivity index (χ2n) is 9.44. The number of carbonyl (C=O) groups excluding carboxylic acids is 1. The van der Waals surface area contributed by atoms with Crippen LogP contribution in [-0.4, -0.2) is 61.5 Å². The molecule has 1 aliphatic carbocycles. The topological polar surface area (TPSA) is 80.0 Å². The molecule has 2 fully saturated rings. The van der Waals surface area contributed by atoms with Crippen molar-refractivity contribution < 1.29 is 4.79 Å². The van der Waals surface area contributed by atoms with Gasteiger partial charge in [0.05, 0.1) is 17.0 Å². The predicted molar refractivity (Wildman–Crippen MR) is 141 cm³/mol. The van der Waals surface area contributed by atoms with Gasteiger partial charge in [0, 0.05) is 73.6 Å². The van der Waals surface area contributed by atoms with Crippen molar-refractivity contribution in [2.75, 3.05) is 31.1 Å². The number of pyridine rings is 1. The number of piperazine rings is 1. The number of thiazole rings is 1. The molecule has 0 spiro atoms. The molecular formula is C27H29N7OS. The molecule has 4 aromatic rings. The zero-order chi connectivity index (χ0) is 24.5. The van der Waals surface area contributed by atoms with E-state index in [1.54, 1.807) is 36.1 Å². The lowest BCUT2D eigenvalue weighted by Gasteiger charge is -2.34. The molecule has 0 bridgehead atoms. The molecule has 184 valence electrons. The molecule has 5 heterocycles. The zero-order valence-corrected chi connectivity index (χ0v) is 21.2. The van der Waals surface area contributed by atoms with Crippen LogP contribution in [0.1, 0.15) is 47.8 Å². The van der Waals surface area contributed by atoms with E-state index in [1.807, 2.05) is 23.1 Å². The van der Waals surface area contributed by atoms with Gasteiger partial charge in [0.25, 0.3) is 5.91 Å². The Kier molecular flexibility index (Phi) is 6.23. The van der Waals surface area contributed by atoms with Gasteiger partial charge in [-0.3, -0.25) is 9.78 Å². The van der Waals surface area contributed by atoms with Gasteiger partial charge in [-0.05, 0) is 44.0 Å². The number of hydrogen-bond donors (Lipinski definition) is 0. The molecule has 8 nitrogen and oxygen atoms in total. The van der Waals surface area contributed by atoms with E-state index in [0.717, 1.165) is 65.1 Å². The summed E-state index contributed by atoms with van der Waals surface area (Å²) in [4.78, 5) is 35.7. The van der Waals surface area contributed by atoms with Crippen LogP contribution in [0.2, 0.25) is 0 Å². The van der Waals surface area contributed by atoms with Crippen molar-refractivity contribution in [2.24, 2.45) is 0 Å². The van der Waals surface area contributed by atoms with Crippen LogP contribution < -0.4 is 4.90 Å². The van der Waals surface area contributed by atoms with E-state index < -0.39 is 0 Å². The average Bonchev–Trinajstić information content (AvgIpc) is 3.70. The predicted octanol–water partition coefficient (Wildman–Crippen LogP) is 4.85. The molecule has 2 aliphatic rings. The fourth-order valence-corrected chi connectivity index (χ4v) is 6.24. The van der Waals surface area contributed by atoms with Crippen LogP contribution in [-0.2, 0) is 0 Å². The third-order valence-electron chi connectivity index (χ3n) is 7.31. The highest BCUT2D eigenvalue weighted by atomic mass is 32.1. The van der Waals surface area contributed by atoms with E-state index in [9.17, 15) is 4.79 Å². The van der Waals surface area contributed by atoms with Gasteiger partial charge in [-0.15, -0.1) is 11.3 Å². The van der Waals surface area contributed by atoms with Gasteiger partial charge in [0.15, 0.2) is 0 Å². The van der Waals surface area contributed by atoms with E-state index in [0.29, 0.717) is 19.1 Å². The van der Waals surface area contributed by atoms with Crippen LogP contribution in [0.15, 0.2) is 54.4 Å². The summed E-state index contributed by atoms with van der Waals surface area (Å²) in [5.41, 5.74) is 4.89. The molecule has 4 aromatic heterocycles. The van der Waals surface area contributed by atoms with E-state index in [4.69, 9.17) is 4.98 Å². The summed E-state index contributed by atoms with van der Waals surface area (Å²) in [6, 6.07) is 8.28. The second kappa shape index (κ2) is 9.81. The first-order valence-corrected chi connectivity index (χ1v) is 13.5. The summed E-state index contributed by atoms with van der Waals surface area (Å²) >= 11 is 1.63. The number of amides is 1. The van der Waals surface area contributed by atoms with Gasteiger partial charge < -0.3 is 14.4 Å². The van der Waals surface area contributed by atoms with Crippen molar-refractivity contribution >= 4 is 23.2 Å². The first-order chi connectivity index (χ1) is 17.7. The van der Waals surface area contributed by atoms with Crippen molar-refractivity contribution in [3.8, 4) is 22.0 Å². The molecule has 1 amide bonds. The Bertz CT molecular complexity index is 1340. The number of nitrogens with zero attached hydrogens (tertiary/aromatic N) is 7. The maximum Gasteiger partial charge on any atom is 0.255 e. The highest BCUT2D eigenvalue weighted by Crippen LogP contribution is 2.39. The number of hydrogen-bond acceptors (Lipinski definition) is 7. The minimum atomic E-state index is 0.101. The standard InChI is InChI=1S/C27H29N7OS/c1-19-22(26(35)32-13-15-33(16-14-32)27-29-9-4-10-30-27)17-24(34(19)21-5-2-3-6-21)23-18-36-25(31-23)20-7-11-28-12-8-20/h4,7-12,17-18,21H,2-3,5-6,13-16H2,1H3. The Morgan fingerprint density at radius 2 is 1.72 bits per heavy atom. The minimum absolute atomic E-state index is 0.101. The summed E-state index contributed by atoms with van der Waals surface area (Å²) in [5, 5.41) is 3.08. The molecule has 0 atom stereocenters. The third-order valence-corrected chi connectivity index (χ3v) is 8.20.